The van der Waals surface area contributed by atoms with Gasteiger partial charge in [-0.05, 0) is 80.7 Å². The summed E-state index contributed by atoms with van der Waals surface area (Å²) < 4.78 is 34.2. The molecular weight excluding hydrogens is 483 g/mol. The maximum absolute atomic E-state index is 13.7. The number of rotatable bonds is 11. The Bertz CT molecular complexity index is 1140. The van der Waals surface area contributed by atoms with E-state index in [1.807, 2.05) is 19.0 Å². The van der Waals surface area contributed by atoms with Gasteiger partial charge in [-0.15, -0.1) is 0 Å². The molecule has 3 rings (SSSR count). The van der Waals surface area contributed by atoms with Crippen LogP contribution in [0.15, 0.2) is 71.8 Å². The lowest BCUT2D eigenvalue weighted by Crippen LogP contribution is -2.45. The van der Waals surface area contributed by atoms with Crippen LogP contribution >= 0.6 is 23.2 Å². The summed E-state index contributed by atoms with van der Waals surface area (Å²) in [5, 5.41) is 1.09. The van der Waals surface area contributed by atoms with Crippen molar-refractivity contribution in [3.63, 3.8) is 0 Å². The highest BCUT2D eigenvalue weighted by molar-refractivity contribution is 7.92. The second kappa shape index (κ2) is 11.7. The Hall–Kier alpha value is -2.36. The van der Waals surface area contributed by atoms with Gasteiger partial charge in [-0.1, -0.05) is 29.3 Å². The van der Waals surface area contributed by atoms with Crippen LogP contribution in [0.5, 0.6) is 5.75 Å². The Morgan fingerprint density at radius 3 is 2.39 bits per heavy atom. The van der Waals surface area contributed by atoms with E-state index < -0.39 is 10.0 Å². The highest BCUT2D eigenvalue weighted by Gasteiger charge is 2.28. The van der Waals surface area contributed by atoms with Gasteiger partial charge in [0, 0.05) is 22.8 Å². The van der Waals surface area contributed by atoms with Crippen molar-refractivity contribution in [2.24, 2.45) is 0 Å². The highest BCUT2D eigenvalue weighted by atomic mass is 35.5. The van der Waals surface area contributed by atoms with E-state index in [0.717, 1.165) is 4.41 Å². The fourth-order valence-electron chi connectivity index (χ4n) is 3.05. The quantitative estimate of drug-likeness (QED) is 0.308. The molecule has 0 unspecified atom stereocenters. The van der Waals surface area contributed by atoms with E-state index in [-0.39, 0.29) is 23.9 Å². The lowest BCUT2D eigenvalue weighted by atomic mass is 10.1. The standard InChI is InChI=1S/C23H26Cl2N4O3S/c1-28(2)15-12-18-17-20(25)8-11-22(18)33(30,31)29(23-5-3-4-13-26-23)27-14-16-32-21-9-6-19(24)7-10-21/h3-11,13,17,27H,12,14-16H2,1-2H3. The van der Waals surface area contributed by atoms with Crippen LogP contribution in [-0.4, -0.2) is 52.1 Å². The predicted molar refractivity (Wildman–Crippen MR) is 133 cm³/mol. The molecule has 33 heavy (non-hydrogen) atoms. The van der Waals surface area contributed by atoms with Crippen LogP contribution in [0.25, 0.3) is 0 Å². The van der Waals surface area contributed by atoms with Gasteiger partial charge >= 0.3 is 0 Å². The molecule has 176 valence electrons. The lowest BCUT2D eigenvalue weighted by molar-refractivity contribution is 0.315. The van der Waals surface area contributed by atoms with Crippen molar-refractivity contribution in [3.05, 3.63) is 82.5 Å². The number of benzene rings is 2. The zero-order chi connectivity index (χ0) is 23.8. The van der Waals surface area contributed by atoms with E-state index in [2.05, 4.69) is 10.4 Å². The molecule has 0 saturated carbocycles. The smallest absolute Gasteiger partial charge is 0.279 e. The number of pyridine rings is 1. The topological polar surface area (TPSA) is 74.8 Å². The van der Waals surface area contributed by atoms with Gasteiger partial charge in [-0.2, -0.15) is 12.8 Å². The maximum atomic E-state index is 13.7. The molecule has 0 saturated heterocycles. The molecule has 0 radical (unpaired) electrons. The molecule has 0 fully saturated rings. The number of aromatic nitrogens is 1. The zero-order valence-corrected chi connectivity index (χ0v) is 20.7. The van der Waals surface area contributed by atoms with Gasteiger partial charge in [0.2, 0.25) is 0 Å². The van der Waals surface area contributed by atoms with E-state index in [0.29, 0.717) is 34.3 Å². The molecule has 2 aromatic carbocycles. The Labute approximate surface area is 204 Å². The van der Waals surface area contributed by atoms with Crippen molar-refractivity contribution < 1.29 is 13.2 Å². The fraction of sp³-hybridized carbons (Fsp3) is 0.261. The normalized spacial score (nSPS) is 11.5. The summed E-state index contributed by atoms with van der Waals surface area (Å²) in [4.78, 5) is 6.39. The molecule has 1 N–H and O–H groups in total. The minimum absolute atomic E-state index is 0.172. The summed E-state index contributed by atoms with van der Waals surface area (Å²) >= 11 is 12.1. The molecule has 0 atom stereocenters. The van der Waals surface area contributed by atoms with Gasteiger partial charge in [0.1, 0.15) is 12.4 Å². The predicted octanol–water partition coefficient (Wildman–Crippen LogP) is 4.27. The van der Waals surface area contributed by atoms with Gasteiger partial charge in [0.25, 0.3) is 10.0 Å². The van der Waals surface area contributed by atoms with E-state index in [4.69, 9.17) is 27.9 Å². The van der Waals surface area contributed by atoms with Gasteiger partial charge in [-0.25, -0.2) is 10.4 Å². The minimum Gasteiger partial charge on any atom is -0.492 e. The third-order valence-corrected chi connectivity index (χ3v) is 6.90. The van der Waals surface area contributed by atoms with Crippen molar-refractivity contribution in [2.45, 2.75) is 11.3 Å². The Kier molecular flexibility index (Phi) is 8.94. The summed E-state index contributed by atoms with van der Waals surface area (Å²) in [6, 6.07) is 16.8. The van der Waals surface area contributed by atoms with Crippen molar-refractivity contribution in [3.8, 4) is 5.75 Å². The first-order chi connectivity index (χ1) is 15.8. The van der Waals surface area contributed by atoms with Crippen molar-refractivity contribution in [2.75, 3.05) is 38.2 Å². The van der Waals surface area contributed by atoms with Gasteiger partial charge < -0.3 is 9.64 Å². The first-order valence-corrected chi connectivity index (χ1v) is 12.5. The number of likely N-dealkylation sites (N-methyl/N-ethyl adjacent to an activating group) is 1. The molecule has 7 nitrogen and oxygen atoms in total. The van der Waals surface area contributed by atoms with Gasteiger partial charge in [0.15, 0.2) is 5.82 Å². The maximum Gasteiger partial charge on any atom is 0.279 e. The molecule has 1 heterocycles. The number of hydrogen-bond donors (Lipinski definition) is 1. The summed E-state index contributed by atoms with van der Waals surface area (Å²) in [5.74, 6) is 0.884. The molecule has 0 aliphatic carbocycles. The number of nitrogens with one attached hydrogen (secondary N) is 1. The number of hydrogen-bond acceptors (Lipinski definition) is 6. The Balaban J connectivity index is 1.83. The second-order valence-corrected chi connectivity index (χ2v) is 10.1. The van der Waals surface area contributed by atoms with E-state index >= 15 is 0 Å². The van der Waals surface area contributed by atoms with Crippen LogP contribution in [0.4, 0.5) is 5.82 Å². The van der Waals surface area contributed by atoms with Crippen molar-refractivity contribution in [1.29, 1.82) is 0 Å². The summed E-state index contributed by atoms with van der Waals surface area (Å²) in [7, 11) is -0.127. The van der Waals surface area contributed by atoms with Crippen LogP contribution in [0, 0.1) is 0 Å². The molecule has 3 aromatic rings. The Morgan fingerprint density at radius 1 is 1.00 bits per heavy atom. The molecular formula is C23H26Cl2N4O3S. The summed E-state index contributed by atoms with van der Waals surface area (Å²) in [6.45, 7) is 1.13. The number of halogens is 2. The van der Waals surface area contributed by atoms with Crippen molar-refractivity contribution in [1.82, 2.24) is 15.3 Å². The fourth-order valence-corrected chi connectivity index (χ4v) is 4.91. The number of ether oxygens (including phenoxy) is 1. The highest BCUT2D eigenvalue weighted by Crippen LogP contribution is 2.26. The monoisotopic (exact) mass is 508 g/mol. The van der Waals surface area contributed by atoms with Crippen LogP contribution in [0.3, 0.4) is 0 Å². The van der Waals surface area contributed by atoms with Crippen LogP contribution in [0.1, 0.15) is 5.56 Å². The third-order valence-electron chi connectivity index (χ3n) is 4.67. The van der Waals surface area contributed by atoms with Crippen LogP contribution in [0.2, 0.25) is 10.0 Å². The van der Waals surface area contributed by atoms with Crippen LogP contribution < -0.4 is 14.6 Å². The van der Waals surface area contributed by atoms with Gasteiger partial charge in [-0.3, -0.25) is 0 Å². The number of hydrazine groups is 1. The van der Waals surface area contributed by atoms with E-state index in [9.17, 15) is 8.42 Å². The first kappa shape index (κ1) is 25.3. The average molecular weight is 509 g/mol. The largest absolute Gasteiger partial charge is 0.492 e. The minimum atomic E-state index is -3.99. The number of sulfonamides is 1. The molecule has 0 spiro atoms. The zero-order valence-electron chi connectivity index (χ0n) is 18.4. The lowest BCUT2D eigenvalue weighted by Gasteiger charge is -2.25. The number of anilines is 1. The molecule has 1 aromatic heterocycles. The second-order valence-electron chi connectivity index (χ2n) is 7.47. The molecule has 0 amide bonds. The molecule has 0 aliphatic rings. The molecule has 0 bridgehead atoms. The number of nitrogens with zero attached hydrogens (tertiary/aromatic N) is 3. The van der Waals surface area contributed by atoms with Crippen LogP contribution in [-0.2, 0) is 16.4 Å². The summed E-state index contributed by atoms with van der Waals surface area (Å²) in [6.07, 6.45) is 2.07. The SMILES string of the molecule is CN(C)CCc1cc(Cl)ccc1S(=O)(=O)N(NCCOc1ccc(Cl)cc1)c1ccccn1. The molecule has 0 aliphatic heterocycles. The summed E-state index contributed by atoms with van der Waals surface area (Å²) in [5.41, 5.74) is 3.59. The van der Waals surface area contributed by atoms with E-state index in [1.54, 1.807) is 60.8 Å². The average Bonchev–Trinajstić information content (AvgIpc) is 2.79. The Morgan fingerprint density at radius 2 is 1.73 bits per heavy atom. The van der Waals surface area contributed by atoms with E-state index in [1.165, 1.54) is 6.07 Å². The van der Waals surface area contributed by atoms with Gasteiger partial charge in [0.05, 0.1) is 11.4 Å². The molecule has 10 heteroatoms. The van der Waals surface area contributed by atoms with Crippen molar-refractivity contribution >= 4 is 39.0 Å². The first-order valence-electron chi connectivity index (χ1n) is 10.3. The third kappa shape index (κ3) is 7.06.